The van der Waals surface area contributed by atoms with E-state index >= 15 is 0 Å². The maximum Gasteiger partial charge on any atom is 0.159 e. The molecule has 84 valence electrons. The quantitative estimate of drug-likeness (QED) is 0.583. The molecule has 0 N–H and O–H groups in total. The molecule has 0 saturated carbocycles. The van der Waals surface area contributed by atoms with Gasteiger partial charge in [-0.05, 0) is 23.6 Å². The molecule has 0 amide bonds. The average Bonchev–Trinajstić information content (AvgIpc) is 2.20. The number of hydrogen-bond acceptors (Lipinski definition) is 1. The van der Waals surface area contributed by atoms with E-state index in [1.165, 1.54) is 23.9 Å². The monoisotopic (exact) mass is 294 g/mol. The maximum absolute atomic E-state index is 12.9. The molecular weight excluding hydrogens is 282 g/mol. The van der Waals surface area contributed by atoms with E-state index in [1.807, 2.05) is 0 Å². The molecule has 0 saturated heterocycles. The zero-order chi connectivity index (χ0) is 11.5. The third-order valence-electron chi connectivity index (χ3n) is 1.88. The SMILES string of the molecule is CC(C)(CBr)CSc1ccc(F)c(F)c1. The highest BCUT2D eigenvalue weighted by Gasteiger charge is 2.16. The molecule has 0 radical (unpaired) electrons. The van der Waals surface area contributed by atoms with Crippen molar-refractivity contribution in [1.29, 1.82) is 0 Å². The molecule has 0 heterocycles. The molecule has 0 spiro atoms. The van der Waals surface area contributed by atoms with Gasteiger partial charge in [-0.25, -0.2) is 8.78 Å². The van der Waals surface area contributed by atoms with Gasteiger partial charge >= 0.3 is 0 Å². The van der Waals surface area contributed by atoms with Gasteiger partial charge < -0.3 is 0 Å². The lowest BCUT2D eigenvalue weighted by molar-refractivity contribution is 0.495. The second kappa shape index (κ2) is 5.30. The van der Waals surface area contributed by atoms with Gasteiger partial charge in [-0.2, -0.15) is 0 Å². The minimum atomic E-state index is -0.792. The molecule has 1 aromatic carbocycles. The van der Waals surface area contributed by atoms with E-state index < -0.39 is 11.6 Å². The van der Waals surface area contributed by atoms with Gasteiger partial charge in [0.2, 0.25) is 0 Å². The van der Waals surface area contributed by atoms with Gasteiger partial charge in [0.15, 0.2) is 11.6 Å². The van der Waals surface area contributed by atoms with Gasteiger partial charge in [-0.15, -0.1) is 11.8 Å². The molecule has 1 aromatic rings. The molecule has 4 heteroatoms. The van der Waals surface area contributed by atoms with Gasteiger partial charge in [0.1, 0.15) is 0 Å². The molecule has 0 fully saturated rings. The summed E-state index contributed by atoms with van der Waals surface area (Å²) in [4.78, 5) is 0.767. The van der Waals surface area contributed by atoms with Crippen LogP contribution in [0.2, 0.25) is 0 Å². The second-order valence-electron chi connectivity index (χ2n) is 4.16. The van der Waals surface area contributed by atoms with Crippen molar-refractivity contribution in [2.24, 2.45) is 5.41 Å². The van der Waals surface area contributed by atoms with Crippen LogP contribution in [-0.2, 0) is 0 Å². The van der Waals surface area contributed by atoms with Gasteiger partial charge in [-0.3, -0.25) is 0 Å². The van der Waals surface area contributed by atoms with Crippen LogP contribution in [0.15, 0.2) is 23.1 Å². The molecule has 0 aliphatic heterocycles. The minimum Gasteiger partial charge on any atom is -0.204 e. The molecule has 0 aliphatic rings. The van der Waals surface area contributed by atoms with Crippen molar-refractivity contribution in [1.82, 2.24) is 0 Å². The first kappa shape index (κ1) is 13.0. The van der Waals surface area contributed by atoms with Crippen molar-refractivity contribution < 1.29 is 8.78 Å². The first-order chi connectivity index (χ1) is 6.94. The van der Waals surface area contributed by atoms with Crippen LogP contribution in [-0.4, -0.2) is 11.1 Å². The van der Waals surface area contributed by atoms with Crippen molar-refractivity contribution >= 4 is 27.7 Å². The summed E-state index contributed by atoms with van der Waals surface area (Å²) in [5.41, 5.74) is 0.148. The van der Waals surface area contributed by atoms with Crippen LogP contribution in [0, 0.1) is 17.0 Å². The molecule has 0 bridgehead atoms. The Morgan fingerprint density at radius 3 is 2.47 bits per heavy atom. The zero-order valence-electron chi connectivity index (χ0n) is 8.69. The van der Waals surface area contributed by atoms with Crippen LogP contribution in [0.25, 0.3) is 0 Å². The normalized spacial score (nSPS) is 11.8. The highest BCUT2D eigenvalue weighted by molar-refractivity contribution is 9.09. The zero-order valence-corrected chi connectivity index (χ0v) is 11.1. The highest BCUT2D eigenvalue weighted by Crippen LogP contribution is 2.29. The Morgan fingerprint density at radius 1 is 1.27 bits per heavy atom. The Labute approximate surface area is 102 Å². The fourth-order valence-electron chi connectivity index (χ4n) is 0.884. The number of hydrogen-bond donors (Lipinski definition) is 0. The van der Waals surface area contributed by atoms with E-state index in [4.69, 9.17) is 0 Å². The summed E-state index contributed by atoms with van der Waals surface area (Å²) in [7, 11) is 0. The molecule has 0 aromatic heterocycles. The number of rotatable bonds is 4. The van der Waals surface area contributed by atoms with Crippen molar-refractivity contribution in [3.05, 3.63) is 29.8 Å². The summed E-state index contributed by atoms with van der Waals surface area (Å²) < 4.78 is 25.5. The molecule has 0 unspecified atom stereocenters. The predicted octanol–water partition coefficient (Wildman–Crippen LogP) is 4.48. The number of halogens is 3. The molecule has 0 aliphatic carbocycles. The predicted molar refractivity (Wildman–Crippen MR) is 64.7 cm³/mol. The molecule has 15 heavy (non-hydrogen) atoms. The molecule has 1 rings (SSSR count). The Kier molecular flexibility index (Phi) is 4.59. The first-order valence-corrected chi connectivity index (χ1v) is 6.69. The van der Waals surface area contributed by atoms with E-state index in [2.05, 4.69) is 29.8 Å². The Hall–Kier alpha value is -0.0900. The van der Waals surface area contributed by atoms with Crippen molar-refractivity contribution in [3.63, 3.8) is 0 Å². The van der Waals surface area contributed by atoms with Crippen molar-refractivity contribution in [3.8, 4) is 0 Å². The average molecular weight is 295 g/mol. The van der Waals surface area contributed by atoms with Crippen LogP contribution >= 0.6 is 27.7 Å². The van der Waals surface area contributed by atoms with Crippen molar-refractivity contribution in [2.75, 3.05) is 11.1 Å². The van der Waals surface area contributed by atoms with E-state index in [0.29, 0.717) is 0 Å². The summed E-state index contributed by atoms with van der Waals surface area (Å²) >= 11 is 4.96. The lowest BCUT2D eigenvalue weighted by Crippen LogP contribution is -2.15. The summed E-state index contributed by atoms with van der Waals surface area (Å²) in [5, 5.41) is 0.886. The van der Waals surface area contributed by atoms with E-state index in [-0.39, 0.29) is 5.41 Å². The largest absolute Gasteiger partial charge is 0.204 e. The molecule has 0 atom stereocenters. The Bertz CT molecular complexity index is 339. The molecular formula is C11H13BrF2S. The van der Waals surface area contributed by atoms with Crippen molar-refractivity contribution in [2.45, 2.75) is 18.7 Å². The summed E-state index contributed by atoms with van der Waals surface area (Å²) in [6.45, 7) is 4.24. The fraction of sp³-hybridized carbons (Fsp3) is 0.455. The van der Waals surface area contributed by atoms with Crippen LogP contribution in [0.3, 0.4) is 0 Å². The minimum absolute atomic E-state index is 0.148. The summed E-state index contributed by atoms with van der Waals surface area (Å²) in [6.07, 6.45) is 0. The Balaban J connectivity index is 2.62. The number of alkyl halides is 1. The number of benzene rings is 1. The maximum atomic E-state index is 12.9. The fourth-order valence-corrected chi connectivity index (χ4v) is 2.36. The topological polar surface area (TPSA) is 0 Å². The van der Waals surface area contributed by atoms with Gasteiger partial charge in [-0.1, -0.05) is 29.8 Å². The lowest BCUT2D eigenvalue weighted by Gasteiger charge is -2.20. The summed E-state index contributed by atoms with van der Waals surface area (Å²) in [5.74, 6) is -0.709. The van der Waals surface area contributed by atoms with Gasteiger partial charge in [0.05, 0.1) is 0 Å². The van der Waals surface area contributed by atoms with E-state index in [0.717, 1.165) is 16.0 Å². The Morgan fingerprint density at radius 2 is 1.93 bits per heavy atom. The van der Waals surface area contributed by atoms with Gasteiger partial charge in [0, 0.05) is 16.0 Å². The van der Waals surface area contributed by atoms with Crippen LogP contribution in [0.1, 0.15) is 13.8 Å². The third kappa shape index (κ3) is 4.11. The standard InChI is InChI=1S/C11H13BrF2S/c1-11(2,6-12)7-15-8-3-4-9(13)10(14)5-8/h3-5H,6-7H2,1-2H3. The third-order valence-corrected chi connectivity index (χ3v) is 4.91. The van der Waals surface area contributed by atoms with E-state index in [1.54, 1.807) is 6.07 Å². The summed E-state index contributed by atoms with van der Waals surface area (Å²) in [6, 6.07) is 4.01. The highest BCUT2D eigenvalue weighted by atomic mass is 79.9. The first-order valence-electron chi connectivity index (χ1n) is 4.58. The van der Waals surface area contributed by atoms with Crippen LogP contribution in [0.4, 0.5) is 8.78 Å². The number of thioether (sulfide) groups is 1. The van der Waals surface area contributed by atoms with E-state index in [9.17, 15) is 8.78 Å². The van der Waals surface area contributed by atoms with Crippen LogP contribution < -0.4 is 0 Å². The smallest absolute Gasteiger partial charge is 0.159 e. The lowest BCUT2D eigenvalue weighted by atomic mass is 10.0. The van der Waals surface area contributed by atoms with Gasteiger partial charge in [0.25, 0.3) is 0 Å². The second-order valence-corrected chi connectivity index (χ2v) is 5.77. The van der Waals surface area contributed by atoms with Crippen LogP contribution in [0.5, 0.6) is 0 Å². The molecule has 0 nitrogen and oxygen atoms in total.